The summed E-state index contributed by atoms with van der Waals surface area (Å²) in [5.74, 6) is 1.35. The molecule has 0 atom stereocenters. The van der Waals surface area contributed by atoms with Crippen LogP contribution in [0.2, 0.25) is 0 Å². The standard InChI is InChI=1S/C15H12F3N3S/c1-2-22-12-4-3-7-19-13(12)14-20-10-6-5-9(15(16,17)18)8-11(10)21-14/h3-8H,2H2,1H3,(H,20,21). The van der Waals surface area contributed by atoms with Crippen LogP contribution in [0.5, 0.6) is 0 Å². The van der Waals surface area contributed by atoms with Crippen LogP contribution in [0.15, 0.2) is 41.4 Å². The Balaban J connectivity index is 2.09. The molecule has 0 saturated heterocycles. The van der Waals surface area contributed by atoms with Crippen LogP contribution in [0.3, 0.4) is 0 Å². The van der Waals surface area contributed by atoms with Crippen molar-refractivity contribution in [3.63, 3.8) is 0 Å². The first-order chi connectivity index (χ1) is 10.5. The van der Waals surface area contributed by atoms with Crippen molar-refractivity contribution in [3.05, 3.63) is 42.1 Å². The molecule has 0 fully saturated rings. The van der Waals surface area contributed by atoms with Crippen LogP contribution < -0.4 is 0 Å². The molecule has 0 amide bonds. The summed E-state index contributed by atoms with van der Waals surface area (Å²) < 4.78 is 38.3. The Morgan fingerprint density at radius 1 is 1.23 bits per heavy atom. The summed E-state index contributed by atoms with van der Waals surface area (Å²) in [5.41, 5.74) is 0.794. The first-order valence-electron chi connectivity index (χ1n) is 6.64. The highest BCUT2D eigenvalue weighted by molar-refractivity contribution is 7.99. The first-order valence-corrected chi connectivity index (χ1v) is 7.62. The minimum Gasteiger partial charge on any atom is -0.337 e. The normalized spacial score (nSPS) is 12.0. The maximum absolute atomic E-state index is 12.8. The Labute approximate surface area is 129 Å². The fraction of sp³-hybridized carbons (Fsp3) is 0.200. The number of hydrogen-bond donors (Lipinski definition) is 1. The maximum Gasteiger partial charge on any atom is 0.416 e. The van der Waals surface area contributed by atoms with E-state index in [0.717, 1.165) is 22.8 Å². The Kier molecular flexibility index (Phi) is 3.82. The highest BCUT2D eigenvalue weighted by Crippen LogP contribution is 2.33. The number of aromatic nitrogens is 3. The van der Waals surface area contributed by atoms with Gasteiger partial charge in [-0.3, -0.25) is 4.98 Å². The SMILES string of the molecule is CCSc1cccnc1-c1nc2ccc(C(F)(F)F)cc2[nH]1. The summed E-state index contributed by atoms with van der Waals surface area (Å²) in [6, 6.07) is 7.22. The predicted octanol–water partition coefficient (Wildman–Crippen LogP) is 4.76. The van der Waals surface area contributed by atoms with E-state index in [2.05, 4.69) is 15.0 Å². The van der Waals surface area contributed by atoms with Crippen molar-refractivity contribution in [2.24, 2.45) is 0 Å². The number of fused-ring (bicyclic) bond motifs is 1. The molecule has 0 bridgehead atoms. The molecule has 1 N–H and O–H groups in total. The van der Waals surface area contributed by atoms with E-state index in [9.17, 15) is 13.2 Å². The van der Waals surface area contributed by atoms with Gasteiger partial charge in [0.2, 0.25) is 0 Å². The second-order valence-corrected chi connectivity index (χ2v) is 5.90. The van der Waals surface area contributed by atoms with E-state index in [1.807, 2.05) is 19.1 Å². The third kappa shape index (κ3) is 2.81. The van der Waals surface area contributed by atoms with Crippen LogP contribution in [-0.2, 0) is 6.18 Å². The van der Waals surface area contributed by atoms with E-state index >= 15 is 0 Å². The number of halogens is 3. The lowest BCUT2D eigenvalue weighted by atomic mass is 10.2. The molecule has 22 heavy (non-hydrogen) atoms. The third-order valence-corrected chi connectivity index (χ3v) is 4.03. The van der Waals surface area contributed by atoms with Gasteiger partial charge in [0.05, 0.1) is 16.6 Å². The number of aromatic amines is 1. The number of nitrogens with one attached hydrogen (secondary N) is 1. The molecule has 3 aromatic rings. The van der Waals surface area contributed by atoms with Gasteiger partial charge in [0, 0.05) is 11.1 Å². The molecule has 7 heteroatoms. The van der Waals surface area contributed by atoms with Crippen LogP contribution in [0.1, 0.15) is 12.5 Å². The molecule has 0 aliphatic carbocycles. The molecular formula is C15H12F3N3S. The number of benzene rings is 1. The van der Waals surface area contributed by atoms with Gasteiger partial charge in [-0.1, -0.05) is 6.92 Å². The minimum absolute atomic E-state index is 0.350. The molecule has 0 aliphatic heterocycles. The number of hydrogen-bond acceptors (Lipinski definition) is 3. The highest BCUT2D eigenvalue weighted by Gasteiger charge is 2.30. The van der Waals surface area contributed by atoms with Gasteiger partial charge in [-0.2, -0.15) is 13.2 Å². The lowest BCUT2D eigenvalue weighted by molar-refractivity contribution is -0.137. The summed E-state index contributed by atoms with van der Waals surface area (Å²) in [6.07, 6.45) is -2.73. The van der Waals surface area contributed by atoms with E-state index in [1.54, 1.807) is 18.0 Å². The smallest absolute Gasteiger partial charge is 0.337 e. The van der Waals surface area contributed by atoms with Gasteiger partial charge >= 0.3 is 6.18 Å². The Morgan fingerprint density at radius 2 is 2.05 bits per heavy atom. The molecule has 0 unspecified atom stereocenters. The number of rotatable bonds is 3. The van der Waals surface area contributed by atoms with Gasteiger partial charge in [0.25, 0.3) is 0 Å². The van der Waals surface area contributed by atoms with Crippen molar-refractivity contribution in [1.29, 1.82) is 0 Å². The fourth-order valence-corrected chi connectivity index (χ4v) is 2.91. The molecule has 2 aromatic heterocycles. The molecule has 0 spiro atoms. The van der Waals surface area contributed by atoms with E-state index in [4.69, 9.17) is 0 Å². The van der Waals surface area contributed by atoms with Crippen LogP contribution in [0.4, 0.5) is 13.2 Å². The first kappa shape index (κ1) is 14.9. The number of imidazole rings is 1. The van der Waals surface area contributed by atoms with Crippen molar-refractivity contribution in [1.82, 2.24) is 15.0 Å². The second-order valence-electron chi connectivity index (χ2n) is 4.60. The topological polar surface area (TPSA) is 41.6 Å². The van der Waals surface area contributed by atoms with Crippen LogP contribution in [-0.4, -0.2) is 20.7 Å². The zero-order valence-electron chi connectivity index (χ0n) is 11.6. The predicted molar refractivity (Wildman–Crippen MR) is 80.7 cm³/mol. The van der Waals surface area contributed by atoms with Gasteiger partial charge in [-0.05, 0) is 36.1 Å². The Bertz CT molecular complexity index is 811. The number of thioether (sulfide) groups is 1. The monoisotopic (exact) mass is 323 g/mol. The average Bonchev–Trinajstić information content (AvgIpc) is 2.90. The van der Waals surface area contributed by atoms with Gasteiger partial charge < -0.3 is 4.98 Å². The van der Waals surface area contributed by atoms with Gasteiger partial charge in [-0.15, -0.1) is 11.8 Å². The molecule has 1 aromatic carbocycles. The fourth-order valence-electron chi connectivity index (χ4n) is 2.14. The molecule has 0 saturated carbocycles. The zero-order valence-corrected chi connectivity index (χ0v) is 12.4. The summed E-state index contributed by atoms with van der Waals surface area (Å²) in [5, 5.41) is 0. The van der Waals surface area contributed by atoms with Crippen molar-refractivity contribution >= 4 is 22.8 Å². The highest BCUT2D eigenvalue weighted by atomic mass is 32.2. The van der Waals surface area contributed by atoms with Gasteiger partial charge in [-0.25, -0.2) is 4.98 Å². The van der Waals surface area contributed by atoms with E-state index in [1.165, 1.54) is 6.07 Å². The number of H-pyrrole nitrogens is 1. The molecule has 0 aliphatic rings. The summed E-state index contributed by atoms with van der Waals surface area (Å²) in [6.45, 7) is 2.02. The van der Waals surface area contributed by atoms with Crippen LogP contribution in [0, 0.1) is 0 Å². The minimum atomic E-state index is -4.37. The number of alkyl halides is 3. The number of pyridine rings is 1. The molecule has 114 valence electrons. The Hall–Kier alpha value is -2.02. The lowest BCUT2D eigenvalue weighted by Gasteiger charge is -2.05. The zero-order chi connectivity index (χ0) is 15.7. The largest absolute Gasteiger partial charge is 0.416 e. The molecule has 3 nitrogen and oxygen atoms in total. The quantitative estimate of drug-likeness (QED) is 0.707. The second kappa shape index (κ2) is 5.64. The van der Waals surface area contributed by atoms with Crippen molar-refractivity contribution < 1.29 is 13.2 Å². The van der Waals surface area contributed by atoms with E-state index in [-0.39, 0.29) is 0 Å². The summed E-state index contributed by atoms with van der Waals surface area (Å²) in [4.78, 5) is 12.5. The Morgan fingerprint density at radius 3 is 2.77 bits per heavy atom. The van der Waals surface area contributed by atoms with E-state index in [0.29, 0.717) is 22.6 Å². The summed E-state index contributed by atoms with van der Waals surface area (Å²) in [7, 11) is 0. The number of nitrogens with zero attached hydrogens (tertiary/aromatic N) is 2. The molecule has 3 rings (SSSR count). The molecule has 0 radical (unpaired) electrons. The van der Waals surface area contributed by atoms with Gasteiger partial charge in [0.15, 0.2) is 5.82 Å². The lowest BCUT2D eigenvalue weighted by Crippen LogP contribution is -2.04. The van der Waals surface area contributed by atoms with Crippen LogP contribution >= 0.6 is 11.8 Å². The molecular weight excluding hydrogens is 311 g/mol. The van der Waals surface area contributed by atoms with Crippen molar-refractivity contribution in [2.75, 3.05) is 5.75 Å². The van der Waals surface area contributed by atoms with Crippen molar-refractivity contribution in [3.8, 4) is 11.5 Å². The maximum atomic E-state index is 12.8. The summed E-state index contributed by atoms with van der Waals surface area (Å²) >= 11 is 1.61. The van der Waals surface area contributed by atoms with Crippen LogP contribution in [0.25, 0.3) is 22.6 Å². The van der Waals surface area contributed by atoms with E-state index < -0.39 is 11.7 Å². The molecule has 2 heterocycles. The van der Waals surface area contributed by atoms with Crippen molar-refractivity contribution in [2.45, 2.75) is 18.0 Å². The van der Waals surface area contributed by atoms with Gasteiger partial charge in [0.1, 0.15) is 5.69 Å². The average molecular weight is 323 g/mol. The third-order valence-electron chi connectivity index (χ3n) is 3.10.